The molecule has 9 nitrogen and oxygen atoms in total. The van der Waals surface area contributed by atoms with E-state index in [0.717, 1.165) is 23.4 Å². The van der Waals surface area contributed by atoms with E-state index in [1.54, 1.807) is 6.07 Å². The van der Waals surface area contributed by atoms with E-state index in [0.29, 0.717) is 24.7 Å². The highest BCUT2D eigenvalue weighted by Crippen LogP contribution is 2.32. The number of nitro benzene ring substituents is 1. The molecule has 1 unspecified atom stereocenters. The van der Waals surface area contributed by atoms with Gasteiger partial charge in [0.1, 0.15) is 0 Å². The molecule has 0 bridgehead atoms. The summed E-state index contributed by atoms with van der Waals surface area (Å²) in [6.45, 7) is 6.58. The van der Waals surface area contributed by atoms with E-state index in [-0.39, 0.29) is 33.8 Å². The molecule has 2 aromatic carbocycles. The second-order valence-electron chi connectivity index (χ2n) is 6.45. The van der Waals surface area contributed by atoms with Crippen LogP contribution in [0.2, 0.25) is 0 Å². The quantitative estimate of drug-likeness (QED) is 0.306. The van der Waals surface area contributed by atoms with Crippen LogP contribution < -0.4 is 20.5 Å². The highest BCUT2D eigenvalue weighted by atomic mass is 32.2. The van der Waals surface area contributed by atoms with Crippen LogP contribution in [0.5, 0.6) is 11.5 Å². The first-order valence-corrected chi connectivity index (χ1v) is 10.6. The van der Waals surface area contributed by atoms with Gasteiger partial charge in [-0.25, -0.2) is 0 Å². The lowest BCUT2D eigenvalue weighted by Gasteiger charge is -2.17. The molecule has 10 heteroatoms. The summed E-state index contributed by atoms with van der Waals surface area (Å²) in [5, 5.41) is 14.1. The van der Waals surface area contributed by atoms with Gasteiger partial charge in [0.15, 0.2) is 11.5 Å². The minimum atomic E-state index is -0.756. The molecule has 2 amide bonds. The second-order valence-corrected chi connectivity index (χ2v) is 7.47. The van der Waals surface area contributed by atoms with Gasteiger partial charge in [-0.2, -0.15) is 0 Å². The Labute approximate surface area is 184 Å². The van der Waals surface area contributed by atoms with Crippen molar-refractivity contribution in [1.82, 2.24) is 5.32 Å². The Morgan fingerprint density at radius 2 is 1.81 bits per heavy atom. The van der Waals surface area contributed by atoms with Crippen LogP contribution in [0.15, 0.2) is 41.3 Å². The van der Waals surface area contributed by atoms with Gasteiger partial charge in [-0.1, -0.05) is 6.07 Å². The van der Waals surface area contributed by atoms with Gasteiger partial charge in [-0.3, -0.25) is 19.7 Å². The predicted molar refractivity (Wildman–Crippen MR) is 118 cm³/mol. The van der Waals surface area contributed by atoms with E-state index in [1.807, 2.05) is 32.9 Å². The lowest BCUT2D eigenvalue weighted by atomic mass is 10.1. The van der Waals surface area contributed by atoms with Gasteiger partial charge in [0.25, 0.3) is 5.69 Å². The molecule has 0 radical (unpaired) electrons. The Morgan fingerprint density at radius 1 is 1.13 bits per heavy atom. The van der Waals surface area contributed by atoms with Crippen LogP contribution >= 0.6 is 11.8 Å². The van der Waals surface area contributed by atoms with Crippen molar-refractivity contribution in [2.45, 2.75) is 31.7 Å². The summed E-state index contributed by atoms with van der Waals surface area (Å²) in [4.78, 5) is 34.6. The van der Waals surface area contributed by atoms with Gasteiger partial charge < -0.3 is 20.5 Å². The standard InChI is InChI=1S/C21H25N3O6S/c1-4-29-17-8-6-14(11-18(17)30-5-2)13(3)23-20(25)12-31-19-9-7-15(21(22)26)10-16(19)24(27)28/h6-11,13H,4-5,12H2,1-3H3,(H2,22,26)(H,23,25). The number of nitrogens with one attached hydrogen (secondary N) is 1. The molecule has 0 heterocycles. The molecule has 0 saturated heterocycles. The Hall–Kier alpha value is -3.27. The minimum Gasteiger partial charge on any atom is -0.490 e. The molecule has 0 aliphatic heterocycles. The second kappa shape index (κ2) is 11.2. The number of nitrogens with two attached hydrogens (primary N) is 1. The highest BCUT2D eigenvalue weighted by molar-refractivity contribution is 8.00. The van der Waals surface area contributed by atoms with Gasteiger partial charge in [-0.15, -0.1) is 11.8 Å². The van der Waals surface area contributed by atoms with Crippen LogP contribution in [-0.2, 0) is 4.79 Å². The van der Waals surface area contributed by atoms with Crippen molar-refractivity contribution in [3.05, 3.63) is 57.6 Å². The van der Waals surface area contributed by atoms with Crippen LogP contribution in [0, 0.1) is 10.1 Å². The normalized spacial score (nSPS) is 11.5. The van der Waals surface area contributed by atoms with Crippen molar-refractivity contribution in [1.29, 1.82) is 0 Å². The van der Waals surface area contributed by atoms with Crippen molar-refractivity contribution in [3.63, 3.8) is 0 Å². The number of benzene rings is 2. The molecule has 31 heavy (non-hydrogen) atoms. The van der Waals surface area contributed by atoms with Gasteiger partial charge in [-0.05, 0) is 50.6 Å². The molecule has 0 spiro atoms. The summed E-state index contributed by atoms with van der Waals surface area (Å²) in [7, 11) is 0. The summed E-state index contributed by atoms with van der Waals surface area (Å²) in [5.41, 5.74) is 5.78. The van der Waals surface area contributed by atoms with Gasteiger partial charge >= 0.3 is 0 Å². The molecular formula is C21H25N3O6S. The molecular weight excluding hydrogens is 422 g/mol. The molecule has 0 aromatic heterocycles. The first-order valence-electron chi connectivity index (χ1n) is 9.66. The number of primary amides is 1. The molecule has 0 aliphatic rings. The molecule has 2 rings (SSSR count). The van der Waals surface area contributed by atoms with Crippen molar-refractivity contribution >= 4 is 29.3 Å². The lowest BCUT2D eigenvalue weighted by Crippen LogP contribution is -2.28. The van der Waals surface area contributed by atoms with E-state index in [9.17, 15) is 19.7 Å². The third kappa shape index (κ3) is 6.61. The molecule has 0 fully saturated rings. The number of nitro groups is 1. The lowest BCUT2D eigenvalue weighted by molar-refractivity contribution is -0.387. The average Bonchev–Trinajstić information content (AvgIpc) is 2.73. The third-order valence-electron chi connectivity index (χ3n) is 4.24. The van der Waals surface area contributed by atoms with Crippen LogP contribution in [0.1, 0.15) is 42.7 Å². The smallest absolute Gasteiger partial charge is 0.283 e. The number of ether oxygens (including phenoxy) is 2. The van der Waals surface area contributed by atoms with Gasteiger partial charge in [0.2, 0.25) is 11.8 Å². The maximum absolute atomic E-state index is 12.4. The molecule has 1 atom stereocenters. The number of carbonyl (C=O) groups is 2. The Morgan fingerprint density at radius 3 is 2.42 bits per heavy atom. The fourth-order valence-corrected chi connectivity index (χ4v) is 3.60. The summed E-state index contributed by atoms with van der Waals surface area (Å²) in [6.07, 6.45) is 0. The number of thioether (sulfide) groups is 1. The third-order valence-corrected chi connectivity index (χ3v) is 5.31. The van der Waals surface area contributed by atoms with Crippen LogP contribution in [0.4, 0.5) is 5.69 Å². The van der Waals surface area contributed by atoms with Crippen LogP contribution in [-0.4, -0.2) is 35.7 Å². The zero-order valence-corrected chi connectivity index (χ0v) is 18.4. The van der Waals surface area contributed by atoms with Crippen molar-refractivity contribution in [3.8, 4) is 11.5 Å². The molecule has 166 valence electrons. The number of hydrogen-bond acceptors (Lipinski definition) is 7. The largest absolute Gasteiger partial charge is 0.490 e. The molecule has 2 aromatic rings. The minimum absolute atomic E-state index is 0.0313. The van der Waals surface area contributed by atoms with Crippen molar-refractivity contribution in [2.75, 3.05) is 19.0 Å². The Kier molecular flexibility index (Phi) is 8.68. The summed E-state index contributed by atoms with van der Waals surface area (Å²) in [5.74, 6) is 0.151. The van der Waals surface area contributed by atoms with E-state index >= 15 is 0 Å². The highest BCUT2D eigenvalue weighted by Gasteiger charge is 2.19. The zero-order valence-electron chi connectivity index (χ0n) is 17.5. The maximum atomic E-state index is 12.4. The molecule has 0 aliphatic carbocycles. The van der Waals surface area contributed by atoms with Gasteiger partial charge in [0, 0.05) is 11.6 Å². The van der Waals surface area contributed by atoms with Crippen molar-refractivity contribution in [2.24, 2.45) is 5.73 Å². The molecule has 3 N–H and O–H groups in total. The van der Waals surface area contributed by atoms with Crippen LogP contribution in [0.25, 0.3) is 0 Å². The SMILES string of the molecule is CCOc1ccc(C(C)NC(=O)CSc2ccc(C(N)=O)cc2[N+](=O)[O-])cc1OCC. The predicted octanol–water partition coefficient (Wildman–Crippen LogP) is 3.46. The van der Waals surface area contributed by atoms with E-state index in [1.165, 1.54) is 12.1 Å². The van der Waals surface area contributed by atoms with E-state index in [4.69, 9.17) is 15.2 Å². The monoisotopic (exact) mass is 447 g/mol. The topological polar surface area (TPSA) is 134 Å². The number of carbonyl (C=O) groups excluding carboxylic acids is 2. The first kappa shape index (κ1) is 24.0. The fraction of sp³-hybridized carbons (Fsp3) is 0.333. The maximum Gasteiger partial charge on any atom is 0.283 e. The average molecular weight is 448 g/mol. The summed E-state index contributed by atoms with van der Waals surface area (Å²) in [6, 6.07) is 9.08. The number of amides is 2. The Balaban J connectivity index is 2.05. The van der Waals surface area contributed by atoms with Gasteiger partial charge in [0.05, 0.1) is 34.8 Å². The summed E-state index contributed by atoms with van der Waals surface area (Å²) < 4.78 is 11.2. The van der Waals surface area contributed by atoms with E-state index in [2.05, 4.69) is 5.32 Å². The zero-order chi connectivity index (χ0) is 23.0. The molecule has 0 saturated carbocycles. The Bertz CT molecular complexity index is 966. The first-order chi connectivity index (χ1) is 14.8. The number of rotatable bonds is 11. The van der Waals surface area contributed by atoms with Crippen molar-refractivity contribution < 1.29 is 24.0 Å². The van der Waals surface area contributed by atoms with Crippen LogP contribution in [0.3, 0.4) is 0 Å². The van der Waals surface area contributed by atoms with E-state index < -0.39 is 10.8 Å². The number of hydrogen-bond donors (Lipinski definition) is 2. The summed E-state index contributed by atoms with van der Waals surface area (Å²) >= 11 is 1.01. The fourth-order valence-electron chi connectivity index (χ4n) is 2.78. The number of nitrogens with zero attached hydrogens (tertiary/aromatic N) is 1.